The number of anilines is 1. The topological polar surface area (TPSA) is 104 Å². The van der Waals surface area contributed by atoms with Crippen LogP contribution in [-0.4, -0.2) is 63.5 Å². The summed E-state index contributed by atoms with van der Waals surface area (Å²) in [4.78, 5) is 12.9. The molecule has 0 spiro atoms. The van der Waals surface area contributed by atoms with Gasteiger partial charge in [0.1, 0.15) is 0 Å². The van der Waals surface area contributed by atoms with Gasteiger partial charge in [-0.3, -0.25) is 4.99 Å². The van der Waals surface area contributed by atoms with Crippen molar-refractivity contribution in [3.8, 4) is 0 Å². The molecule has 8 nitrogen and oxygen atoms in total. The van der Waals surface area contributed by atoms with Crippen LogP contribution in [0.4, 0.5) is 5.13 Å². The van der Waals surface area contributed by atoms with Gasteiger partial charge in [0, 0.05) is 49.3 Å². The number of rotatable bonds is 6. The van der Waals surface area contributed by atoms with Gasteiger partial charge in [0.2, 0.25) is 10.0 Å². The summed E-state index contributed by atoms with van der Waals surface area (Å²) >= 11 is 7.46. The lowest BCUT2D eigenvalue weighted by molar-refractivity contribution is 0.380. The number of nitrogens with zero attached hydrogens (tertiary/aromatic N) is 4. The van der Waals surface area contributed by atoms with Gasteiger partial charge in [-0.05, 0) is 18.2 Å². The van der Waals surface area contributed by atoms with Crippen LogP contribution in [0.15, 0.2) is 45.7 Å². The van der Waals surface area contributed by atoms with Gasteiger partial charge in [-0.1, -0.05) is 17.7 Å². The van der Waals surface area contributed by atoms with Crippen molar-refractivity contribution in [2.24, 2.45) is 10.7 Å². The fourth-order valence-electron chi connectivity index (χ4n) is 2.67. The molecular weight excluding hydrogens is 408 g/mol. The molecule has 0 radical (unpaired) electrons. The van der Waals surface area contributed by atoms with E-state index in [9.17, 15) is 8.42 Å². The first-order valence-electron chi connectivity index (χ1n) is 8.40. The number of benzene rings is 1. The Labute approximate surface area is 167 Å². The number of sulfonamides is 1. The highest BCUT2D eigenvalue weighted by atomic mass is 35.5. The summed E-state index contributed by atoms with van der Waals surface area (Å²) in [6.45, 7) is 3.58. The van der Waals surface area contributed by atoms with E-state index in [0.717, 1.165) is 31.3 Å². The van der Waals surface area contributed by atoms with Crippen LogP contribution in [0.2, 0.25) is 5.02 Å². The average molecular weight is 429 g/mol. The Hall–Kier alpha value is -1.88. The maximum Gasteiger partial charge on any atom is 0.240 e. The lowest BCUT2D eigenvalue weighted by atomic mass is 10.3. The minimum absolute atomic E-state index is 0.130. The van der Waals surface area contributed by atoms with Gasteiger partial charge in [-0.2, -0.15) is 0 Å². The van der Waals surface area contributed by atoms with Crippen molar-refractivity contribution in [3.63, 3.8) is 0 Å². The first-order valence-corrected chi connectivity index (χ1v) is 11.1. The normalized spacial score (nSPS) is 16.0. The number of guanidine groups is 1. The fraction of sp³-hybridized carbons (Fsp3) is 0.375. The third kappa shape index (κ3) is 5.32. The fourth-order valence-corrected chi connectivity index (χ4v) is 4.69. The van der Waals surface area contributed by atoms with Crippen molar-refractivity contribution in [2.45, 2.75) is 4.90 Å². The number of aliphatic imine (C=N–C) groups is 1. The molecule has 2 heterocycles. The van der Waals surface area contributed by atoms with Crippen LogP contribution in [0.1, 0.15) is 0 Å². The lowest BCUT2D eigenvalue weighted by Crippen LogP contribution is -2.51. The van der Waals surface area contributed by atoms with Gasteiger partial charge < -0.3 is 15.5 Å². The highest BCUT2D eigenvalue weighted by Crippen LogP contribution is 2.18. The molecule has 1 aliphatic heterocycles. The summed E-state index contributed by atoms with van der Waals surface area (Å²) in [6.07, 6.45) is 1.80. The molecule has 3 N–H and O–H groups in total. The van der Waals surface area contributed by atoms with Crippen LogP contribution in [0.3, 0.4) is 0 Å². The highest BCUT2D eigenvalue weighted by Gasteiger charge is 2.20. The molecule has 2 aromatic rings. The second kappa shape index (κ2) is 8.87. The van der Waals surface area contributed by atoms with Gasteiger partial charge in [0.25, 0.3) is 0 Å². The minimum atomic E-state index is -3.61. The Kier molecular flexibility index (Phi) is 6.53. The Morgan fingerprint density at radius 3 is 2.78 bits per heavy atom. The molecule has 11 heteroatoms. The molecule has 1 fully saturated rings. The molecule has 1 aromatic heterocycles. The van der Waals surface area contributed by atoms with Crippen LogP contribution >= 0.6 is 22.9 Å². The van der Waals surface area contributed by atoms with Gasteiger partial charge in [0.15, 0.2) is 11.1 Å². The molecule has 0 bridgehead atoms. The molecule has 0 aliphatic carbocycles. The first kappa shape index (κ1) is 19.9. The minimum Gasteiger partial charge on any atom is -0.370 e. The van der Waals surface area contributed by atoms with Crippen molar-refractivity contribution in [1.29, 1.82) is 0 Å². The number of nitrogens with two attached hydrogens (primary N) is 1. The van der Waals surface area contributed by atoms with Crippen LogP contribution in [-0.2, 0) is 10.0 Å². The molecule has 0 amide bonds. The summed E-state index contributed by atoms with van der Waals surface area (Å²) < 4.78 is 26.9. The highest BCUT2D eigenvalue weighted by molar-refractivity contribution is 7.89. The van der Waals surface area contributed by atoms with Gasteiger partial charge in [-0.25, -0.2) is 18.1 Å². The molecule has 1 aromatic carbocycles. The molecular formula is C16H21ClN6O2S2. The SMILES string of the molecule is NC(=NCCNS(=O)(=O)c1cccc(Cl)c1)N1CCN(c2nccs2)CC1. The third-order valence-corrected chi connectivity index (χ3v) is 6.60. The van der Waals surface area contributed by atoms with E-state index in [1.165, 1.54) is 12.1 Å². The number of hydrogen-bond donors (Lipinski definition) is 2. The van der Waals surface area contributed by atoms with Crippen LogP contribution in [0, 0.1) is 0 Å². The molecule has 3 rings (SSSR count). The number of thiazole rings is 1. The van der Waals surface area contributed by atoms with Gasteiger partial charge >= 0.3 is 0 Å². The third-order valence-electron chi connectivity index (χ3n) is 4.08. The van der Waals surface area contributed by atoms with Crippen molar-refractivity contribution in [3.05, 3.63) is 40.9 Å². The summed E-state index contributed by atoms with van der Waals surface area (Å²) in [5.74, 6) is 0.427. The number of hydrogen-bond acceptors (Lipinski definition) is 6. The maximum atomic E-state index is 12.2. The molecule has 0 unspecified atom stereocenters. The predicted molar refractivity (Wildman–Crippen MR) is 109 cm³/mol. The summed E-state index contributed by atoms with van der Waals surface area (Å²) in [5.41, 5.74) is 6.04. The van der Waals surface area contributed by atoms with E-state index in [2.05, 4.69) is 19.6 Å². The Morgan fingerprint density at radius 2 is 2.11 bits per heavy atom. The van der Waals surface area contributed by atoms with E-state index in [4.69, 9.17) is 17.3 Å². The summed E-state index contributed by atoms with van der Waals surface area (Å²) in [7, 11) is -3.61. The summed E-state index contributed by atoms with van der Waals surface area (Å²) in [6, 6.07) is 6.12. The second-order valence-electron chi connectivity index (χ2n) is 5.88. The molecule has 0 saturated carbocycles. The zero-order chi connectivity index (χ0) is 19.3. The van der Waals surface area contributed by atoms with E-state index < -0.39 is 10.0 Å². The number of piperazine rings is 1. The van der Waals surface area contributed by atoms with E-state index in [1.807, 2.05) is 10.3 Å². The van der Waals surface area contributed by atoms with Crippen molar-refractivity contribution >= 4 is 44.1 Å². The van der Waals surface area contributed by atoms with Gasteiger partial charge in [0.05, 0.1) is 11.4 Å². The second-order valence-corrected chi connectivity index (χ2v) is 8.96. The Morgan fingerprint density at radius 1 is 1.33 bits per heavy atom. The van der Waals surface area contributed by atoms with Crippen molar-refractivity contribution < 1.29 is 8.42 Å². The first-order chi connectivity index (χ1) is 13.0. The van der Waals surface area contributed by atoms with E-state index in [-0.39, 0.29) is 18.0 Å². The zero-order valence-corrected chi connectivity index (χ0v) is 17.0. The average Bonchev–Trinajstić information content (AvgIpc) is 3.20. The van der Waals surface area contributed by atoms with Crippen LogP contribution < -0.4 is 15.4 Å². The number of aromatic nitrogens is 1. The van der Waals surface area contributed by atoms with Crippen molar-refractivity contribution in [1.82, 2.24) is 14.6 Å². The molecule has 27 heavy (non-hydrogen) atoms. The molecule has 146 valence electrons. The monoisotopic (exact) mass is 428 g/mol. The number of nitrogens with one attached hydrogen (secondary N) is 1. The van der Waals surface area contributed by atoms with Crippen molar-refractivity contribution in [2.75, 3.05) is 44.2 Å². The Bertz CT molecular complexity index is 880. The smallest absolute Gasteiger partial charge is 0.240 e. The van der Waals surface area contributed by atoms with E-state index in [0.29, 0.717) is 11.0 Å². The predicted octanol–water partition coefficient (Wildman–Crippen LogP) is 1.21. The lowest BCUT2D eigenvalue weighted by Gasteiger charge is -2.35. The summed E-state index contributed by atoms with van der Waals surface area (Å²) in [5, 5.41) is 3.35. The zero-order valence-electron chi connectivity index (χ0n) is 14.6. The molecule has 1 aliphatic rings. The van der Waals surface area contributed by atoms with E-state index in [1.54, 1.807) is 29.7 Å². The van der Waals surface area contributed by atoms with Crippen LogP contribution in [0.25, 0.3) is 0 Å². The molecule has 1 saturated heterocycles. The number of halogens is 1. The molecule has 0 atom stereocenters. The standard InChI is InChI=1S/C16H21ClN6O2S2/c17-13-2-1-3-14(12-13)27(24,25)21-5-4-19-15(18)22-7-9-23(10-8-22)16-20-6-11-26-16/h1-3,6,11-12,21H,4-5,7-10H2,(H2,18,19). The van der Waals surface area contributed by atoms with E-state index >= 15 is 0 Å². The van der Waals surface area contributed by atoms with Gasteiger partial charge in [-0.15, -0.1) is 11.3 Å². The largest absolute Gasteiger partial charge is 0.370 e. The maximum absolute atomic E-state index is 12.2. The Balaban J connectivity index is 1.46. The quantitative estimate of drug-likeness (QED) is 0.407. The van der Waals surface area contributed by atoms with Crippen LogP contribution in [0.5, 0.6) is 0 Å².